The number of hydrogen-bond acceptors (Lipinski definition) is 3. The van der Waals surface area contributed by atoms with E-state index in [1.165, 1.54) is 0 Å². The Labute approximate surface area is 108 Å². The third-order valence-corrected chi connectivity index (χ3v) is 4.13. The van der Waals surface area contributed by atoms with E-state index >= 15 is 0 Å². The fourth-order valence-electron chi connectivity index (χ4n) is 2.99. The Morgan fingerprint density at radius 1 is 1.50 bits per heavy atom. The van der Waals surface area contributed by atoms with Gasteiger partial charge in [-0.1, -0.05) is 6.92 Å². The van der Waals surface area contributed by atoms with Gasteiger partial charge in [-0.25, -0.2) is 0 Å². The summed E-state index contributed by atoms with van der Waals surface area (Å²) in [6.45, 7) is 4.14. The molecule has 5 heteroatoms. The van der Waals surface area contributed by atoms with Gasteiger partial charge in [0.05, 0.1) is 0 Å². The molecule has 2 rings (SSSR count). The van der Waals surface area contributed by atoms with Gasteiger partial charge in [-0.3, -0.25) is 9.59 Å². The molecule has 0 aliphatic carbocycles. The topological polar surface area (TPSA) is 75.4 Å². The van der Waals surface area contributed by atoms with Crippen LogP contribution in [0.25, 0.3) is 0 Å². The lowest BCUT2D eigenvalue weighted by Crippen LogP contribution is -2.52. The maximum Gasteiger partial charge on any atom is 0.226 e. The normalized spacial score (nSPS) is 33.1. The van der Waals surface area contributed by atoms with E-state index in [1.54, 1.807) is 0 Å². The van der Waals surface area contributed by atoms with Crippen LogP contribution in [0.2, 0.25) is 0 Å². The number of piperidine rings is 2. The van der Waals surface area contributed by atoms with Crippen LogP contribution in [0, 0.1) is 11.8 Å². The largest absolute Gasteiger partial charge is 0.356 e. The Morgan fingerprint density at radius 3 is 2.94 bits per heavy atom. The predicted molar refractivity (Wildman–Crippen MR) is 68.7 cm³/mol. The zero-order chi connectivity index (χ0) is 13.1. The van der Waals surface area contributed by atoms with Crippen LogP contribution in [0.1, 0.15) is 32.6 Å². The maximum absolute atomic E-state index is 12.5. The minimum atomic E-state index is -0.138. The number of nitrogens with two attached hydrogens (primary N) is 1. The molecule has 2 aliphatic rings. The minimum absolute atomic E-state index is 0.00530. The molecule has 0 bridgehead atoms. The summed E-state index contributed by atoms with van der Waals surface area (Å²) in [5.74, 6) is 0.625. The zero-order valence-electron chi connectivity index (χ0n) is 11.0. The SMILES string of the molecule is CC1CCN(C(=O)C2CCNC(=O)C2)C(CN)C1. The maximum atomic E-state index is 12.5. The monoisotopic (exact) mass is 253 g/mol. The van der Waals surface area contributed by atoms with Crippen molar-refractivity contribution in [3.8, 4) is 0 Å². The number of carbonyl (C=O) groups is 2. The fourth-order valence-corrected chi connectivity index (χ4v) is 2.99. The lowest BCUT2D eigenvalue weighted by atomic mass is 9.89. The first-order chi connectivity index (χ1) is 8.61. The summed E-state index contributed by atoms with van der Waals surface area (Å²) < 4.78 is 0. The van der Waals surface area contributed by atoms with Crippen LogP contribution in [-0.2, 0) is 9.59 Å². The smallest absolute Gasteiger partial charge is 0.226 e. The molecule has 0 aromatic carbocycles. The van der Waals surface area contributed by atoms with Crippen molar-refractivity contribution in [1.82, 2.24) is 10.2 Å². The summed E-state index contributed by atoms with van der Waals surface area (Å²) in [6, 6.07) is 0.159. The quantitative estimate of drug-likeness (QED) is 0.733. The average Bonchev–Trinajstić information content (AvgIpc) is 2.37. The highest BCUT2D eigenvalue weighted by atomic mass is 16.2. The van der Waals surface area contributed by atoms with Crippen LogP contribution in [0.15, 0.2) is 0 Å². The number of amides is 2. The molecule has 2 saturated heterocycles. The van der Waals surface area contributed by atoms with Crippen molar-refractivity contribution >= 4 is 11.8 Å². The molecule has 2 heterocycles. The number of likely N-dealkylation sites (tertiary alicyclic amines) is 1. The molecule has 0 aromatic heterocycles. The molecule has 3 unspecified atom stereocenters. The molecule has 0 spiro atoms. The highest BCUT2D eigenvalue weighted by molar-refractivity contribution is 5.87. The summed E-state index contributed by atoms with van der Waals surface area (Å²) in [4.78, 5) is 25.7. The molecule has 102 valence electrons. The summed E-state index contributed by atoms with van der Waals surface area (Å²) >= 11 is 0. The second-order valence-corrected chi connectivity index (χ2v) is 5.59. The summed E-state index contributed by atoms with van der Waals surface area (Å²) in [5, 5.41) is 2.77. The van der Waals surface area contributed by atoms with Crippen molar-refractivity contribution in [1.29, 1.82) is 0 Å². The molecule has 0 saturated carbocycles. The molecule has 0 radical (unpaired) electrons. The molecular weight excluding hydrogens is 230 g/mol. The van der Waals surface area contributed by atoms with Crippen molar-refractivity contribution in [2.45, 2.75) is 38.6 Å². The predicted octanol–water partition coefficient (Wildman–Crippen LogP) is 0.0984. The Balaban J connectivity index is 2.00. The van der Waals surface area contributed by atoms with Gasteiger partial charge in [-0.2, -0.15) is 0 Å². The lowest BCUT2D eigenvalue weighted by Gasteiger charge is -2.40. The fraction of sp³-hybridized carbons (Fsp3) is 0.846. The van der Waals surface area contributed by atoms with E-state index in [4.69, 9.17) is 5.73 Å². The van der Waals surface area contributed by atoms with E-state index in [9.17, 15) is 9.59 Å². The van der Waals surface area contributed by atoms with Gasteiger partial charge >= 0.3 is 0 Å². The van der Waals surface area contributed by atoms with Gasteiger partial charge in [-0.15, -0.1) is 0 Å². The van der Waals surface area contributed by atoms with Crippen LogP contribution in [-0.4, -0.2) is 42.4 Å². The minimum Gasteiger partial charge on any atom is -0.356 e. The third kappa shape index (κ3) is 2.83. The van der Waals surface area contributed by atoms with E-state index in [-0.39, 0.29) is 23.8 Å². The Kier molecular flexibility index (Phi) is 4.22. The average molecular weight is 253 g/mol. The first-order valence-electron chi connectivity index (χ1n) is 6.89. The van der Waals surface area contributed by atoms with Crippen molar-refractivity contribution in [3.63, 3.8) is 0 Å². The molecule has 3 atom stereocenters. The van der Waals surface area contributed by atoms with Gasteiger partial charge in [0, 0.05) is 38.0 Å². The summed E-state index contributed by atoms with van der Waals surface area (Å²) in [6.07, 6.45) is 3.12. The lowest BCUT2D eigenvalue weighted by molar-refractivity contribution is -0.143. The molecule has 0 aromatic rings. The Morgan fingerprint density at radius 2 is 2.28 bits per heavy atom. The van der Waals surface area contributed by atoms with E-state index in [2.05, 4.69) is 12.2 Å². The van der Waals surface area contributed by atoms with E-state index in [0.717, 1.165) is 25.8 Å². The van der Waals surface area contributed by atoms with Crippen molar-refractivity contribution in [2.24, 2.45) is 17.6 Å². The Hall–Kier alpha value is -1.10. The highest BCUT2D eigenvalue weighted by Crippen LogP contribution is 2.25. The molecule has 2 fully saturated rings. The van der Waals surface area contributed by atoms with E-state index in [0.29, 0.717) is 25.4 Å². The van der Waals surface area contributed by atoms with Crippen molar-refractivity contribution in [2.75, 3.05) is 19.6 Å². The summed E-state index contributed by atoms with van der Waals surface area (Å²) in [7, 11) is 0. The highest BCUT2D eigenvalue weighted by Gasteiger charge is 2.34. The first-order valence-corrected chi connectivity index (χ1v) is 6.89. The number of rotatable bonds is 2. The number of nitrogens with one attached hydrogen (secondary N) is 1. The van der Waals surface area contributed by atoms with Crippen LogP contribution >= 0.6 is 0 Å². The van der Waals surface area contributed by atoms with Crippen molar-refractivity contribution < 1.29 is 9.59 Å². The van der Waals surface area contributed by atoms with Crippen LogP contribution < -0.4 is 11.1 Å². The second-order valence-electron chi connectivity index (χ2n) is 5.59. The molecule has 3 N–H and O–H groups in total. The molecular formula is C13H23N3O2. The van der Waals surface area contributed by atoms with Gasteiger partial charge in [-0.05, 0) is 25.2 Å². The third-order valence-electron chi connectivity index (χ3n) is 4.13. The van der Waals surface area contributed by atoms with Crippen LogP contribution in [0.5, 0.6) is 0 Å². The van der Waals surface area contributed by atoms with Gasteiger partial charge in [0.25, 0.3) is 0 Å². The van der Waals surface area contributed by atoms with E-state index in [1.807, 2.05) is 4.90 Å². The number of hydrogen-bond donors (Lipinski definition) is 2. The number of nitrogens with zero attached hydrogens (tertiary/aromatic N) is 1. The standard InChI is InChI=1S/C13H23N3O2/c1-9-3-5-16(11(6-9)8-14)13(18)10-2-4-15-12(17)7-10/h9-11H,2-8,14H2,1H3,(H,15,17). The van der Waals surface area contributed by atoms with Gasteiger partial charge in [0.1, 0.15) is 0 Å². The van der Waals surface area contributed by atoms with Crippen LogP contribution in [0.4, 0.5) is 0 Å². The molecule has 2 aliphatic heterocycles. The van der Waals surface area contributed by atoms with Gasteiger partial charge in [0.15, 0.2) is 0 Å². The van der Waals surface area contributed by atoms with Crippen molar-refractivity contribution in [3.05, 3.63) is 0 Å². The number of carbonyl (C=O) groups excluding carboxylic acids is 2. The molecule has 5 nitrogen and oxygen atoms in total. The van der Waals surface area contributed by atoms with Gasteiger partial charge in [0.2, 0.25) is 11.8 Å². The second kappa shape index (κ2) is 5.69. The Bertz CT molecular complexity index is 332. The zero-order valence-corrected chi connectivity index (χ0v) is 11.0. The van der Waals surface area contributed by atoms with Crippen LogP contribution in [0.3, 0.4) is 0 Å². The summed E-state index contributed by atoms with van der Waals surface area (Å²) in [5.41, 5.74) is 5.78. The first kappa shape index (κ1) is 13.3. The molecule has 18 heavy (non-hydrogen) atoms. The van der Waals surface area contributed by atoms with E-state index < -0.39 is 0 Å². The van der Waals surface area contributed by atoms with Gasteiger partial charge < -0.3 is 16.0 Å². The molecule has 2 amide bonds.